The van der Waals surface area contributed by atoms with Crippen LogP contribution in [0.3, 0.4) is 0 Å². The van der Waals surface area contributed by atoms with Crippen LogP contribution in [0.2, 0.25) is 0 Å². The first-order chi connectivity index (χ1) is 8.24. The Morgan fingerprint density at radius 2 is 1.94 bits per heavy atom. The van der Waals surface area contributed by atoms with E-state index >= 15 is 0 Å². The predicted octanol–water partition coefficient (Wildman–Crippen LogP) is 3.47. The molecule has 0 aromatic heterocycles. The van der Waals surface area contributed by atoms with Crippen molar-refractivity contribution in [1.82, 2.24) is 0 Å². The molecule has 0 spiro atoms. The number of nitrogens with zero attached hydrogens (tertiary/aromatic N) is 2. The Labute approximate surface area is 102 Å². The summed E-state index contributed by atoms with van der Waals surface area (Å²) in [6, 6.07) is 4.63. The number of hydrogen-bond acceptors (Lipinski definition) is 2. The first-order valence-electron chi connectivity index (χ1n) is 5.27. The highest BCUT2D eigenvalue weighted by Crippen LogP contribution is 2.25. The van der Waals surface area contributed by atoms with Crippen molar-refractivity contribution in [2.24, 2.45) is 0 Å². The maximum Gasteiger partial charge on any atom is 0.405 e. The summed E-state index contributed by atoms with van der Waals surface area (Å²) in [5.74, 6) is -0.817. The number of hydrogen-bond donors (Lipinski definition) is 0. The van der Waals surface area contributed by atoms with Crippen molar-refractivity contribution in [2.45, 2.75) is 26.1 Å². The van der Waals surface area contributed by atoms with E-state index in [1.807, 2.05) is 0 Å². The molecule has 0 atom stereocenters. The molecular weight excluding hydrogens is 248 g/mol. The van der Waals surface area contributed by atoms with Gasteiger partial charge in [-0.25, -0.2) is 4.39 Å². The summed E-state index contributed by atoms with van der Waals surface area (Å²) in [6.45, 7) is 2.01. The quantitative estimate of drug-likeness (QED) is 0.778. The van der Waals surface area contributed by atoms with Gasteiger partial charge in [-0.1, -0.05) is 0 Å². The molecule has 0 radical (unpaired) electrons. The largest absolute Gasteiger partial charge is 0.405 e. The first-order valence-corrected chi connectivity index (χ1v) is 5.27. The van der Waals surface area contributed by atoms with Crippen LogP contribution in [0.15, 0.2) is 18.2 Å². The van der Waals surface area contributed by atoms with Crippen LogP contribution < -0.4 is 4.90 Å². The monoisotopic (exact) mass is 260 g/mol. The topological polar surface area (TPSA) is 27.0 Å². The Balaban J connectivity index is 3.08. The molecule has 98 valence electrons. The molecule has 1 rings (SSSR count). The fraction of sp³-hybridized carbons (Fsp3) is 0.417. The zero-order chi connectivity index (χ0) is 13.9. The third kappa shape index (κ3) is 3.62. The molecule has 0 aliphatic carbocycles. The fourth-order valence-corrected chi connectivity index (χ4v) is 1.54. The highest BCUT2D eigenvalue weighted by atomic mass is 19.4. The minimum Gasteiger partial charge on any atom is -0.360 e. The van der Waals surface area contributed by atoms with Crippen molar-refractivity contribution in [3.8, 4) is 6.07 Å². The normalized spacial score (nSPS) is 11.4. The highest BCUT2D eigenvalue weighted by Gasteiger charge is 2.32. The van der Waals surface area contributed by atoms with Gasteiger partial charge in [-0.2, -0.15) is 18.4 Å². The Hall–Kier alpha value is -1.77. The van der Waals surface area contributed by atoms with E-state index in [9.17, 15) is 17.6 Å². The second kappa shape index (κ2) is 5.25. The molecule has 0 N–H and O–H groups in total. The molecule has 1 aromatic carbocycles. The van der Waals surface area contributed by atoms with Crippen LogP contribution in [0, 0.1) is 17.1 Å². The predicted molar refractivity (Wildman–Crippen MR) is 59.7 cm³/mol. The molecule has 0 saturated carbocycles. The Morgan fingerprint density at radius 1 is 1.33 bits per heavy atom. The first kappa shape index (κ1) is 14.3. The van der Waals surface area contributed by atoms with Crippen molar-refractivity contribution < 1.29 is 17.6 Å². The molecule has 0 aliphatic heterocycles. The highest BCUT2D eigenvalue weighted by molar-refractivity contribution is 5.51. The lowest BCUT2D eigenvalue weighted by Gasteiger charge is -2.29. The number of rotatable bonds is 3. The number of anilines is 1. The molecule has 0 amide bonds. The molecule has 1 aromatic rings. The van der Waals surface area contributed by atoms with Gasteiger partial charge < -0.3 is 4.90 Å². The molecule has 2 nitrogen and oxygen atoms in total. The SMILES string of the molecule is CC(C)N(CC(F)(F)F)c1ccc(C#N)c(F)c1. The average molecular weight is 260 g/mol. The van der Waals surface area contributed by atoms with Crippen LogP contribution >= 0.6 is 0 Å². The van der Waals surface area contributed by atoms with E-state index in [4.69, 9.17) is 5.26 Å². The molecule has 0 heterocycles. The Morgan fingerprint density at radius 3 is 2.33 bits per heavy atom. The van der Waals surface area contributed by atoms with Crippen LogP contribution in [-0.4, -0.2) is 18.8 Å². The summed E-state index contributed by atoms with van der Waals surface area (Å²) in [5, 5.41) is 8.56. The molecule has 0 bridgehead atoms. The fourth-order valence-electron chi connectivity index (χ4n) is 1.54. The third-order valence-electron chi connectivity index (χ3n) is 2.38. The van der Waals surface area contributed by atoms with Gasteiger partial charge in [0, 0.05) is 11.7 Å². The van der Waals surface area contributed by atoms with E-state index in [2.05, 4.69) is 0 Å². The van der Waals surface area contributed by atoms with Crippen molar-refractivity contribution in [3.05, 3.63) is 29.6 Å². The number of benzene rings is 1. The van der Waals surface area contributed by atoms with E-state index in [0.29, 0.717) is 0 Å². The van der Waals surface area contributed by atoms with E-state index in [0.717, 1.165) is 11.0 Å². The summed E-state index contributed by atoms with van der Waals surface area (Å²) in [5.41, 5.74) is -0.0757. The molecular formula is C12H12F4N2. The van der Waals surface area contributed by atoms with Crippen molar-refractivity contribution in [2.75, 3.05) is 11.4 Å². The van der Waals surface area contributed by atoms with Crippen LogP contribution in [0.25, 0.3) is 0 Å². The zero-order valence-corrected chi connectivity index (χ0v) is 9.92. The molecule has 18 heavy (non-hydrogen) atoms. The van der Waals surface area contributed by atoms with Crippen LogP contribution in [0.5, 0.6) is 0 Å². The average Bonchev–Trinajstić information content (AvgIpc) is 2.24. The van der Waals surface area contributed by atoms with Crippen molar-refractivity contribution in [3.63, 3.8) is 0 Å². The Bertz CT molecular complexity index is 460. The van der Waals surface area contributed by atoms with E-state index in [1.54, 1.807) is 19.9 Å². The van der Waals surface area contributed by atoms with Gasteiger partial charge in [0.25, 0.3) is 0 Å². The summed E-state index contributed by atoms with van der Waals surface area (Å²) >= 11 is 0. The van der Waals surface area contributed by atoms with Gasteiger partial charge in [0.15, 0.2) is 0 Å². The summed E-state index contributed by atoms with van der Waals surface area (Å²) < 4.78 is 50.6. The molecule has 6 heteroatoms. The van der Waals surface area contributed by atoms with E-state index < -0.39 is 24.6 Å². The number of nitriles is 1. The van der Waals surface area contributed by atoms with Gasteiger partial charge >= 0.3 is 6.18 Å². The smallest absolute Gasteiger partial charge is 0.360 e. The van der Waals surface area contributed by atoms with Crippen LogP contribution in [0.4, 0.5) is 23.2 Å². The molecule has 0 unspecified atom stereocenters. The lowest BCUT2D eigenvalue weighted by molar-refractivity contribution is -0.120. The van der Waals surface area contributed by atoms with Gasteiger partial charge in [-0.05, 0) is 32.0 Å². The van der Waals surface area contributed by atoms with E-state index in [1.165, 1.54) is 12.1 Å². The van der Waals surface area contributed by atoms with E-state index in [-0.39, 0.29) is 11.3 Å². The van der Waals surface area contributed by atoms with Gasteiger partial charge in [0.05, 0.1) is 5.56 Å². The maximum absolute atomic E-state index is 13.4. The maximum atomic E-state index is 13.4. The van der Waals surface area contributed by atoms with Gasteiger partial charge in [-0.3, -0.25) is 0 Å². The summed E-state index contributed by atoms with van der Waals surface area (Å²) in [4.78, 5) is 1.03. The van der Waals surface area contributed by atoms with Gasteiger partial charge in [0.1, 0.15) is 18.4 Å². The van der Waals surface area contributed by atoms with Crippen molar-refractivity contribution in [1.29, 1.82) is 5.26 Å². The minimum absolute atomic E-state index is 0.110. The standard InChI is InChI=1S/C12H12F4N2/c1-8(2)18(7-12(14,15)16)10-4-3-9(6-17)11(13)5-10/h3-5,8H,7H2,1-2H3. The summed E-state index contributed by atoms with van der Waals surface area (Å²) in [6.07, 6.45) is -4.37. The lowest BCUT2D eigenvalue weighted by Crippen LogP contribution is -2.39. The minimum atomic E-state index is -4.37. The van der Waals surface area contributed by atoms with Crippen molar-refractivity contribution >= 4 is 5.69 Å². The number of halogens is 4. The van der Waals surface area contributed by atoms with Gasteiger partial charge in [-0.15, -0.1) is 0 Å². The lowest BCUT2D eigenvalue weighted by atomic mass is 10.1. The molecule has 0 saturated heterocycles. The second-order valence-electron chi connectivity index (χ2n) is 4.11. The van der Waals surface area contributed by atoms with Crippen LogP contribution in [0.1, 0.15) is 19.4 Å². The number of alkyl halides is 3. The molecule has 0 fully saturated rings. The Kier molecular flexibility index (Phi) is 4.17. The third-order valence-corrected chi connectivity index (χ3v) is 2.38. The summed E-state index contributed by atoms with van der Waals surface area (Å²) in [7, 11) is 0. The zero-order valence-electron chi connectivity index (χ0n) is 9.92. The van der Waals surface area contributed by atoms with Crippen LogP contribution in [-0.2, 0) is 0 Å². The molecule has 0 aliphatic rings. The van der Waals surface area contributed by atoms with Gasteiger partial charge in [0.2, 0.25) is 0 Å². The second-order valence-corrected chi connectivity index (χ2v) is 4.11.